The van der Waals surface area contributed by atoms with Gasteiger partial charge in [-0.2, -0.15) is 5.10 Å². The number of carbonyl (C=O) groups is 1. The van der Waals surface area contributed by atoms with Crippen molar-refractivity contribution in [3.63, 3.8) is 0 Å². The van der Waals surface area contributed by atoms with Gasteiger partial charge < -0.3 is 9.84 Å². The number of amides is 1. The molecular formula is C21H28ClN3O3. The monoisotopic (exact) mass is 405 g/mol. The average molecular weight is 406 g/mol. The molecule has 2 aromatic rings. The zero-order valence-electron chi connectivity index (χ0n) is 16.6. The van der Waals surface area contributed by atoms with Gasteiger partial charge in [-0.05, 0) is 48.4 Å². The van der Waals surface area contributed by atoms with Crippen LogP contribution in [-0.4, -0.2) is 33.5 Å². The van der Waals surface area contributed by atoms with Crippen molar-refractivity contribution in [2.45, 2.75) is 52.0 Å². The topological polar surface area (TPSA) is 78.4 Å². The smallest absolute Gasteiger partial charge is 0.413 e. The maximum Gasteiger partial charge on any atom is 0.413 e. The summed E-state index contributed by atoms with van der Waals surface area (Å²) >= 11 is 6.29. The molecule has 152 valence electrons. The summed E-state index contributed by atoms with van der Waals surface area (Å²) in [7, 11) is 0. The molecule has 1 aliphatic carbocycles. The Bertz CT molecular complexity index is 809. The van der Waals surface area contributed by atoms with Gasteiger partial charge in [0.05, 0.1) is 18.3 Å². The number of halogens is 1. The quantitative estimate of drug-likeness (QED) is 0.647. The van der Waals surface area contributed by atoms with E-state index in [1.807, 2.05) is 18.2 Å². The van der Waals surface area contributed by atoms with E-state index in [4.69, 9.17) is 16.3 Å². The molecule has 28 heavy (non-hydrogen) atoms. The van der Waals surface area contributed by atoms with Crippen LogP contribution in [0.2, 0.25) is 5.02 Å². The van der Waals surface area contributed by atoms with Crippen LogP contribution < -0.4 is 9.64 Å². The highest BCUT2D eigenvalue weighted by Crippen LogP contribution is 2.45. The predicted molar refractivity (Wildman–Crippen MR) is 110 cm³/mol. The van der Waals surface area contributed by atoms with Gasteiger partial charge in [0.15, 0.2) is 0 Å². The lowest BCUT2D eigenvalue weighted by molar-refractivity contribution is 0.183. The van der Waals surface area contributed by atoms with Gasteiger partial charge in [0.1, 0.15) is 11.6 Å². The Morgan fingerprint density at radius 1 is 1.46 bits per heavy atom. The lowest BCUT2D eigenvalue weighted by atomic mass is 9.80. The Balaban J connectivity index is 2.02. The van der Waals surface area contributed by atoms with Crippen LogP contribution in [0.25, 0.3) is 0 Å². The Kier molecular flexibility index (Phi) is 6.18. The largest absolute Gasteiger partial charge is 0.493 e. The van der Waals surface area contributed by atoms with Crippen LogP contribution in [0.15, 0.2) is 30.5 Å². The minimum atomic E-state index is -0.982. The van der Waals surface area contributed by atoms with Gasteiger partial charge >= 0.3 is 6.09 Å². The van der Waals surface area contributed by atoms with Crippen LogP contribution in [0.4, 0.5) is 10.6 Å². The molecule has 1 aromatic carbocycles. The number of nitrogens with zero attached hydrogens (tertiary/aromatic N) is 2. The van der Waals surface area contributed by atoms with E-state index in [1.165, 1.54) is 4.90 Å². The van der Waals surface area contributed by atoms with Crippen molar-refractivity contribution in [3.8, 4) is 5.75 Å². The number of anilines is 1. The molecule has 0 saturated heterocycles. The normalized spacial score (nSPS) is 21.8. The molecule has 6 nitrogen and oxygen atoms in total. The van der Waals surface area contributed by atoms with Crippen molar-refractivity contribution in [2.75, 3.05) is 11.5 Å². The van der Waals surface area contributed by atoms with E-state index in [-0.39, 0.29) is 5.92 Å². The van der Waals surface area contributed by atoms with Crippen molar-refractivity contribution < 1.29 is 14.6 Å². The lowest BCUT2D eigenvalue weighted by Crippen LogP contribution is -2.55. The molecule has 2 atom stereocenters. The van der Waals surface area contributed by atoms with Crippen molar-refractivity contribution in [3.05, 3.63) is 41.0 Å². The van der Waals surface area contributed by atoms with Crippen molar-refractivity contribution >= 4 is 23.5 Å². The van der Waals surface area contributed by atoms with E-state index >= 15 is 0 Å². The molecular weight excluding hydrogens is 378 g/mol. The van der Waals surface area contributed by atoms with E-state index in [9.17, 15) is 9.90 Å². The zero-order valence-corrected chi connectivity index (χ0v) is 17.4. The van der Waals surface area contributed by atoms with Gasteiger partial charge in [-0.25, -0.2) is 4.79 Å². The first-order valence-electron chi connectivity index (χ1n) is 9.77. The minimum Gasteiger partial charge on any atom is -0.493 e. The standard InChI is InChI=1S/C21H28ClN3O3/c1-14(2)13-28-18-7-6-17(22)11-16(18)12-21(9-4-5-15(21)3)25(20(26)27)19-8-10-23-24-19/h6-8,10-11,14-15H,4-5,9,12-13H2,1-3H3,(H,23,24)(H,26,27). The summed E-state index contributed by atoms with van der Waals surface area (Å²) in [5.41, 5.74) is 0.353. The van der Waals surface area contributed by atoms with Gasteiger partial charge in [-0.3, -0.25) is 10.00 Å². The summed E-state index contributed by atoms with van der Waals surface area (Å²) in [6.45, 7) is 6.92. The highest BCUT2D eigenvalue weighted by molar-refractivity contribution is 6.30. The summed E-state index contributed by atoms with van der Waals surface area (Å²) in [6.07, 6.45) is 3.85. The van der Waals surface area contributed by atoms with Crippen molar-refractivity contribution in [1.29, 1.82) is 0 Å². The van der Waals surface area contributed by atoms with Crippen molar-refractivity contribution in [2.24, 2.45) is 11.8 Å². The van der Waals surface area contributed by atoms with Crippen LogP contribution in [0, 0.1) is 11.8 Å². The third-order valence-electron chi connectivity index (χ3n) is 5.62. The summed E-state index contributed by atoms with van der Waals surface area (Å²) < 4.78 is 6.03. The fourth-order valence-corrected chi connectivity index (χ4v) is 4.42. The Hall–Kier alpha value is -2.21. The number of rotatable bonds is 7. The number of aromatic nitrogens is 2. The highest BCUT2D eigenvalue weighted by atomic mass is 35.5. The molecule has 1 fully saturated rings. The SMILES string of the molecule is CC(C)COc1ccc(Cl)cc1CC1(N(C(=O)O)c2ccn[nH]2)CCCC1C. The molecule has 1 amide bonds. The zero-order chi connectivity index (χ0) is 20.3. The number of hydrogen-bond donors (Lipinski definition) is 2. The number of nitrogens with one attached hydrogen (secondary N) is 1. The summed E-state index contributed by atoms with van der Waals surface area (Å²) in [5, 5.41) is 17.5. The fourth-order valence-electron chi connectivity index (χ4n) is 4.22. The van der Waals surface area contributed by atoms with Gasteiger partial charge in [0, 0.05) is 17.5 Å². The molecule has 1 saturated carbocycles. The van der Waals surface area contributed by atoms with E-state index < -0.39 is 11.6 Å². The Morgan fingerprint density at radius 3 is 2.82 bits per heavy atom. The fraction of sp³-hybridized carbons (Fsp3) is 0.524. The Labute approximate surface area is 170 Å². The first-order chi connectivity index (χ1) is 13.3. The summed E-state index contributed by atoms with van der Waals surface area (Å²) in [4.78, 5) is 13.8. The molecule has 0 spiro atoms. The molecule has 7 heteroatoms. The average Bonchev–Trinajstić information content (AvgIpc) is 3.25. The number of hydrogen-bond acceptors (Lipinski definition) is 3. The van der Waals surface area contributed by atoms with E-state index in [2.05, 4.69) is 31.0 Å². The molecule has 0 bridgehead atoms. The summed E-state index contributed by atoms with van der Waals surface area (Å²) in [6, 6.07) is 7.30. The number of aromatic amines is 1. The van der Waals surface area contributed by atoms with E-state index in [0.717, 1.165) is 30.6 Å². The first-order valence-corrected chi connectivity index (χ1v) is 10.1. The second-order valence-corrected chi connectivity index (χ2v) is 8.53. The number of benzene rings is 1. The van der Waals surface area contributed by atoms with Gasteiger partial charge in [0.2, 0.25) is 0 Å². The maximum atomic E-state index is 12.3. The van der Waals surface area contributed by atoms with E-state index in [1.54, 1.807) is 12.3 Å². The van der Waals surface area contributed by atoms with Gasteiger partial charge in [-0.15, -0.1) is 0 Å². The second-order valence-electron chi connectivity index (χ2n) is 8.09. The first kappa shape index (κ1) is 20.5. The van der Waals surface area contributed by atoms with Crippen LogP contribution in [-0.2, 0) is 6.42 Å². The molecule has 1 heterocycles. The van der Waals surface area contributed by atoms with Gasteiger partial charge in [-0.1, -0.05) is 38.8 Å². The van der Waals surface area contributed by atoms with Crippen LogP contribution >= 0.6 is 11.6 Å². The number of H-pyrrole nitrogens is 1. The van der Waals surface area contributed by atoms with Crippen LogP contribution in [0.3, 0.4) is 0 Å². The van der Waals surface area contributed by atoms with Gasteiger partial charge in [0.25, 0.3) is 0 Å². The van der Waals surface area contributed by atoms with E-state index in [0.29, 0.717) is 29.8 Å². The van der Waals surface area contributed by atoms with Crippen LogP contribution in [0.1, 0.15) is 45.6 Å². The number of carboxylic acid groups (broad SMARTS) is 1. The Morgan fingerprint density at radius 2 is 2.25 bits per heavy atom. The molecule has 1 aliphatic rings. The highest BCUT2D eigenvalue weighted by Gasteiger charge is 2.49. The number of ether oxygens (including phenoxy) is 1. The molecule has 2 N–H and O–H groups in total. The lowest BCUT2D eigenvalue weighted by Gasteiger charge is -2.42. The third-order valence-corrected chi connectivity index (χ3v) is 5.85. The molecule has 2 unspecified atom stereocenters. The maximum absolute atomic E-state index is 12.3. The van der Waals surface area contributed by atoms with Crippen LogP contribution in [0.5, 0.6) is 5.75 Å². The van der Waals surface area contributed by atoms with Crippen molar-refractivity contribution in [1.82, 2.24) is 10.2 Å². The molecule has 0 radical (unpaired) electrons. The second kappa shape index (κ2) is 8.43. The summed E-state index contributed by atoms with van der Waals surface area (Å²) in [5.74, 6) is 1.84. The third kappa shape index (κ3) is 4.12. The molecule has 3 rings (SSSR count). The minimum absolute atomic E-state index is 0.184. The predicted octanol–water partition coefficient (Wildman–Crippen LogP) is 5.38. The molecule has 0 aliphatic heterocycles. The molecule has 1 aromatic heterocycles.